The molecule has 0 nitrogen and oxygen atoms in total. The molecule has 0 aliphatic heterocycles. The van der Waals surface area contributed by atoms with Gasteiger partial charge in [-0.05, 0) is 30.2 Å². The zero-order valence-electron chi connectivity index (χ0n) is 10.5. The van der Waals surface area contributed by atoms with Crippen molar-refractivity contribution >= 4 is 0 Å². The first kappa shape index (κ1) is 14.8. The fraction of sp³-hybridized carbons (Fsp3) is 0.333. The van der Waals surface area contributed by atoms with Crippen molar-refractivity contribution in [2.24, 2.45) is 5.92 Å². The number of hydrogen-bond donors (Lipinski definition) is 0. The van der Waals surface area contributed by atoms with Crippen LogP contribution in [0.2, 0.25) is 0 Å². The molecular weight excluding hydrogens is 275 g/mol. The largest absolute Gasteiger partial charge is 0.416 e. The molecule has 1 aromatic carbocycles. The molecular formula is C15H13F5. The summed E-state index contributed by atoms with van der Waals surface area (Å²) in [5.41, 5.74) is -1.06. The smallest absolute Gasteiger partial charge is 0.246 e. The van der Waals surface area contributed by atoms with Gasteiger partial charge in [-0.2, -0.15) is 13.2 Å². The summed E-state index contributed by atoms with van der Waals surface area (Å²) in [5.74, 6) is -1.38. The second-order valence-corrected chi connectivity index (χ2v) is 4.78. The minimum atomic E-state index is -4.63. The number of rotatable bonds is 3. The average molecular weight is 288 g/mol. The first-order valence-corrected chi connectivity index (χ1v) is 6.20. The fourth-order valence-electron chi connectivity index (χ4n) is 2.18. The maximum Gasteiger partial charge on any atom is 0.416 e. The molecule has 5 heteroatoms. The predicted molar refractivity (Wildman–Crippen MR) is 66.4 cm³/mol. The molecule has 0 N–H and O–H groups in total. The highest BCUT2D eigenvalue weighted by Gasteiger charge is 2.31. The second-order valence-electron chi connectivity index (χ2n) is 4.78. The summed E-state index contributed by atoms with van der Waals surface area (Å²) in [4.78, 5) is 0. The third-order valence-electron chi connectivity index (χ3n) is 3.19. The van der Waals surface area contributed by atoms with Gasteiger partial charge in [-0.15, -0.1) is 0 Å². The Hall–Kier alpha value is -1.65. The van der Waals surface area contributed by atoms with Crippen LogP contribution in [0.5, 0.6) is 0 Å². The summed E-state index contributed by atoms with van der Waals surface area (Å²) in [6.07, 6.45) is 1.26. The van der Waals surface area contributed by atoms with Gasteiger partial charge in [-0.25, -0.2) is 8.78 Å². The van der Waals surface area contributed by atoms with Gasteiger partial charge in [0.05, 0.1) is 5.56 Å². The summed E-state index contributed by atoms with van der Waals surface area (Å²) >= 11 is 0. The summed E-state index contributed by atoms with van der Waals surface area (Å²) in [7, 11) is 0. The number of halogens is 5. The van der Waals surface area contributed by atoms with Crippen LogP contribution in [0, 0.1) is 11.7 Å². The minimum Gasteiger partial charge on any atom is -0.246 e. The van der Waals surface area contributed by atoms with E-state index in [1.165, 1.54) is 0 Å². The van der Waals surface area contributed by atoms with Crippen molar-refractivity contribution in [1.82, 2.24) is 0 Å². The quantitative estimate of drug-likeness (QED) is 0.697. The molecule has 1 aliphatic carbocycles. The molecule has 0 amide bonds. The Labute approximate surface area is 113 Å². The van der Waals surface area contributed by atoms with Crippen molar-refractivity contribution in [3.63, 3.8) is 0 Å². The third kappa shape index (κ3) is 3.68. The lowest BCUT2D eigenvalue weighted by Crippen LogP contribution is -2.18. The Balaban J connectivity index is 2.15. The monoisotopic (exact) mass is 288 g/mol. The fourth-order valence-corrected chi connectivity index (χ4v) is 2.18. The molecule has 2 unspecified atom stereocenters. The zero-order chi connectivity index (χ0) is 14.8. The molecule has 0 spiro atoms. The lowest BCUT2D eigenvalue weighted by Gasteiger charge is -2.18. The maximum atomic E-state index is 14.0. The highest BCUT2D eigenvalue weighted by Crippen LogP contribution is 2.31. The van der Waals surface area contributed by atoms with E-state index in [0.29, 0.717) is 12.5 Å². The molecule has 2 rings (SSSR count). The molecule has 0 saturated heterocycles. The molecule has 20 heavy (non-hydrogen) atoms. The molecule has 0 fully saturated rings. The van der Waals surface area contributed by atoms with E-state index in [1.807, 2.05) is 0 Å². The van der Waals surface area contributed by atoms with E-state index >= 15 is 0 Å². The van der Waals surface area contributed by atoms with Crippen LogP contribution >= 0.6 is 0 Å². The number of allylic oxidation sites excluding steroid dienone is 4. The van der Waals surface area contributed by atoms with Gasteiger partial charge in [0.1, 0.15) is 12.0 Å². The highest BCUT2D eigenvalue weighted by atomic mass is 19.4. The van der Waals surface area contributed by atoms with E-state index in [0.717, 1.165) is 12.1 Å². The van der Waals surface area contributed by atoms with Crippen molar-refractivity contribution in [2.45, 2.75) is 25.2 Å². The van der Waals surface area contributed by atoms with Gasteiger partial charge in [-0.3, -0.25) is 0 Å². The molecule has 0 aromatic heterocycles. The summed E-state index contributed by atoms with van der Waals surface area (Å²) in [6, 6.07) is 2.17. The standard InChI is InChI=1S/C15H13F5/c16-13-7-10(6-12(9-13)15(18,19)20)8-14(17)11-4-2-1-3-5-11/h1-4,6-7,9,11,14H,5,8H2. The van der Waals surface area contributed by atoms with Crippen LogP contribution in [-0.2, 0) is 12.6 Å². The molecule has 1 aromatic rings. The molecule has 1 aliphatic rings. The third-order valence-corrected chi connectivity index (χ3v) is 3.19. The van der Waals surface area contributed by atoms with Gasteiger partial charge < -0.3 is 0 Å². The molecule has 0 bridgehead atoms. The van der Waals surface area contributed by atoms with Gasteiger partial charge in [0.25, 0.3) is 0 Å². The number of alkyl halides is 4. The van der Waals surface area contributed by atoms with Crippen LogP contribution < -0.4 is 0 Å². The van der Waals surface area contributed by atoms with Gasteiger partial charge in [0, 0.05) is 12.3 Å². The van der Waals surface area contributed by atoms with Crippen LogP contribution in [0.1, 0.15) is 17.5 Å². The van der Waals surface area contributed by atoms with Crippen molar-refractivity contribution in [2.75, 3.05) is 0 Å². The molecule has 2 atom stereocenters. The van der Waals surface area contributed by atoms with E-state index in [4.69, 9.17) is 0 Å². The predicted octanol–water partition coefficient (Wildman–Crippen LogP) is 4.86. The molecule has 0 saturated carbocycles. The Morgan fingerprint density at radius 3 is 2.50 bits per heavy atom. The van der Waals surface area contributed by atoms with Crippen LogP contribution in [-0.4, -0.2) is 6.17 Å². The summed E-state index contributed by atoms with van der Waals surface area (Å²) < 4.78 is 64.9. The first-order valence-electron chi connectivity index (χ1n) is 6.20. The van der Waals surface area contributed by atoms with Crippen molar-refractivity contribution in [1.29, 1.82) is 0 Å². The van der Waals surface area contributed by atoms with Gasteiger partial charge >= 0.3 is 6.18 Å². The number of hydrogen-bond acceptors (Lipinski definition) is 0. The topological polar surface area (TPSA) is 0 Å². The normalized spacial score (nSPS) is 20.1. The van der Waals surface area contributed by atoms with Crippen molar-refractivity contribution in [3.8, 4) is 0 Å². The Morgan fingerprint density at radius 2 is 1.90 bits per heavy atom. The zero-order valence-corrected chi connectivity index (χ0v) is 10.5. The lowest BCUT2D eigenvalue weighted by molar-refractivity contribution is -0.137. The van der Waals surface area contributed by atoms with Crippen LogP contribution in [0.3, 0.4) is 0 Å². The van der Waals surface area contributed by atoms with Gasteiger partial charge in [0.2, 0.25) is 0 Å². The summed E-state index contributed by atoms with van der Waals surface area (Å²) in [6.45, 7) is 0. The Kier molecular flexibility index (Phi) is 4.26. The van der Waals surface area contributed by atoms with Crippen molar-refractivity contribution in [3.05, 3.63) is 59.4 Å². The van der Waals surface area contributed by atoms with E-state index in [2.05, 4.69) is 0 Å². The average Bonchev–Trinajstić information content (AvgIpc) is 2.38. The van der Waals surface area contributed by atoms with E-state index in [1.54, 1.807) is 24.3 Å². The SMILES string of the molecule is Fc1cc(CC(F)C2C=CC=CC2)cc(C(F)(F)F)c1. The Morgan fingerprint density at radius 1 is 1.15 bits per heavy atom. The Bertz CT molecular complexity index is 528. The first-order chi connectivity index (χ1) is 9.36. The lowest BCUT2D eigenvalue weighted by atomic mass is 9.91. The molecule has 0 heterocycles. The second kappa shape index (κ2) is 5.77. The van der Waals surface area contributed by atoms with Crippen molar-refractivity contribution < 1.29 is 22.0 Å². The van der Waals surface area contributed by atoms with E-state index in [-0.39, 0.29) is 17.9 Å². The minimum absolute atomic E-state index is 0.0211. The van der Waals surface area contributed by atoms with Crippen LogP contribution in [0.25, 0.3) is 0 Å². The van der Waals surface area contributed by atoms with Crippen LogP contribution in [0.15, 0.2) is 42.5 Å². The molecule has 108 valence electrons. The highest BCUT2D eigenvalue weighted by molar-refractivity contribution is 5.28. The summed E-state index contributed by atoms with van der Waals surface area (Å²) in [5, 5.41) is 0. The van der Waals surface area contributed by atoms with E-state index < -0.39 is 23.7 Å². The van der Waals surface area contributed by atoms with Gasteiger partial charge in [0.15, 0.2) is 0 Å². The number of benzene rings is 1. The van der Waals surface area contributed by atoms with E-state index in [9.17, 15) is 22.0 Å². The van der Waals surface area contributed by atoms with Crippen LogP contribution in [0.4, 0.5) is 22.0 Å². The molecule has 0 radical (unpaired) electrons. The van der Waals surface area contributed by atoms with Gasteiger partial charge in [-0.1, -0.05) is 24.3 Å². The maximum absolute atomic E-state index is 14.0.